The summed E-state index contributed by atoms with van der Waals surface area (Å²) in [5, 5.41) is 0. The number of carbonyl (C=O) groups excluding carboxylic acids is 1. The average Bonchev–Trinajstić information content (AvgIpc) is 2.76. The highest BCUT2D eigenvalue weighted by atomic mass is 16.7. The second-order valence-corrected chi connectivity index (χ2v) is 6.50. The van der Waals surface area contributed by atoms with Gasteiger partial charge in [0.05, 0.1) is 0 Å². The number of ether oxygens (including phenoxy) is 4. The maximum Gasteiger partial charge on any atom is 0.342 e. The Morgan fingerprint density at radius 1 is 0.828 bits per heavy atom. The lowest BCUT2D eigenvalue weighted by Crippen LogP contribution is -2.11. The molecule has 29 heavy (non-hydrogen) atoms. The largest absolute Gasteiger partial charge is 0.488 e. The van der Waals surface area contributed by atoms with E-state index in [0.29, 0.717) is 29.2 Å². The first-order valence-electron chi connectivity index (χ1n) is 9.31. The number of carbonyl (C=O) groups is 1. The summed E-state index contributed by atoms with van der Waals surface area (Å²) in [4.78, 5) is 12.8. The molecule has 0 atom stereocenters. The Bertz CT molecular complexity index is 923. The molecule has 0 N–H and O–H groups in total. The van der Waals surface area contributed by atoms with Crippen LogP contribution in [-0.4, -0.2) is 19.9 Å². The van der Waals surface area contributed by atoms with Crippen LogP contribution in [0.5, 0.6) is 11.5 Å². The third-order valence-corrected chi connectivity index (χ3v) is 4.27. The van der Waals surface area contributed by atoms with Gasteiger partial charge in [-0.3, -0.25) is 0 Å². The summed E-state index contributed by atoms with van der Waals surface area (Å²) in [7, 11) is 1.55. The van der Waals surface area contributed by atoms with Crippen molar-refractivity contribution in [3.05, 3.63) is 95.1 Å². The summed E-state index contributed by atoms with van der Waals surface area (Å²) < 4.78 is 22.0. The molecule has 0 unspecified atom stereocenters. The number of rotatable bonds is 9. The van der Waals surface area contributed by atoms with Gasteiger partial charge in [-0.05, 0) is 29.7 Å². The van der Waals surface area contributed by atoms with Crippen LogP contribution in [0.3, 0.4) is 0 Å². The summed E-state index contributed by atoms with van der Waals surface area (Å²) in [6.45, 7) is 2.45. The van der Waals surface area contributed by atoms with Gasteiger partial charge in [0.1, 0.15) is 30.3 Å². The first kappa shape index (κ1) is 20.4. The third-order valence-electron chi connectivity index (χ3n) is 4.27. The number of hydrogen-bond donors (Lipinski definition) is 0. The minimum Gasteiger partial charge on any atom is -0.488 e. The molecule has 5 nitrogen and oxygen atoms in total. The van der Waals surface area contributed by atoms with Gasteiger partial charge >= 0.3 is 5.97 Å². The van der Waals surface area contributed by atoms with Crippen molar-refractivity contribution in [1.29, 1.82) is 0 Å². The maximum absolute atomic E-state index is 12.8. The van der Waals surface area contributed by atoms with Gasteiger partial charge in [0.25, 0.3) is 0 Å². The quantitative estimate of drug-likeness (QED) is 0.382. The zero-order chi connectivity index (χ0) is 20.5. The van der Waals surface area contributed by atoms with Crippen LogP contribution in [0.2, 0.25) is 0 Å². The number of aryl methyl sites for hydroxylation is 1. The molecule has 0 saturated carbocycles. The SMILES string of the molecule is COCOc1cc(C)c(C(=O)OCc2ccccc2)c(OCc2ccccc2)c1. The number of benzene rings is 3. The molecule has 0 spiro atoms. The van der Waals surface area contributed by atoms with Gasteiger partial charge in [-0.1, -0.05) is 60.7 Å². The van der Waals surface area contributed by atoms with Crippen LogP contribution >= 0.6 is 0 Å². The lowest BCUT2D eigenvalue weighted by atomic mass is 10.1. The highest BCUT2D eigenvalue weighted by Gasteiger charge is 2.20. The molecule has 0 amide bonds. The van der Waals surface area contributed by atoms with E-state index in [9.17, 15) is 4.79 Å². The Morgan fingerprint density at radius 3 is 2.07 bits per heavy atom. The van der Waals surface area contributed by atoms with Crippen LogP contribution in [0.25, 0.3) is 0 Å². The fraction of sp³-hybridized carbons (Fsp3) is 0.208. The summed E-state index contributed by atoms with van der Waals surface area (Å²) in [6, 6.07) is 22.8. The van der Waals surface area contributed by atoms with E-state index in [1.54, 1.807) is 19.2 Å². The normalized spacial score (nSPS) is 10.4. The molecule has 3 aromatic carbocycles. The van der Waals surface area contributed by atoms with Gasteiger partial charge in [-0.2, -0.15) is 0 Å². The fourth-order valence-electron chi connectivity index (χ4n) is 2.84. The lowest BCUT2D eigenvalue weighted by molar-refractivity contribution is 0.0463. The third kappa shape index (κ3) is 5.83. The van der Waals surface area contributed by atoms with E-state index >= 15 is 0 Å². The Kier molecular flexibility index (Phi) is 7.25. The predicted molar refractivity (Wildman–Crippen MR) is 110 cm³/mol. The van der Waals surface area contributed by atoms with Crippen LogP contribution < -0.4 is 9.47 Å². The van der Waals surface area contributed by atoms with Crippen molar-refractivity contribution < 1.29 is 23.7 Å². The van der Waals surface area contributed by atoms with Crippen LogP contribution in [-0.2, 0) is 22.7 Å². The first-order chi connectivity index (χ1) is 14.2. The van der Waals surface area contributed by atoms with Crippen molar-refractivity contribution in [2.75, 3.05) is 13.9 Å². The molecule has 0 fully saturated rings. The van der Waals surface area contributed by atoms with E-state index in [-0.39, 0.29) is 13.4 Å². The van der Waals surface area contributed by atoms with E-state index in [0.717, 1.165) is 11.1 Å². The predicted octanol–water partition coefficient (Wildman–Crippen LogP) is 4.91. The molecule has 0 radical (unpaired) electrons. The Labute approximate surface area is 170 Å². The zero-order valence-electron chi connectivity index (χ0n) is 16.6. The van der Waals surface area contributed by atoms with E-state index in [2.05, 4.69) is 0 Å². The van der Waals surface area contributed by atoms with E-state index in [1.165, 1.54) is 0 Å². The Balaban J connectivity index is 1.81. The average molecular weight is 392 g/mol. The molecule has 0 heterocycles. The number of esters is 1. The smallest absolute Gasteiger partial charge is 0.342 e. The molecule has 0 bridgehead atoms. The molecule has 3 rings (SSSR count). The molecule has 0 aliphatic heterocycles. The highest BCUT2D eigenvalue weighted by molar-refractivity contribution is 5.94. The van der Waals surface area contributed by atoms with E-state index < -0.39 is 5.97 Å². The van der Waals surface area contributed by atoms with Crippen molar-refractivity contribution in [2.45, 2.75) is 20.1 Å². The molecule has 0 aliphatic rings. The Morgan fingerprint density at radius 2 is 1.45 bits per heavy atom. The molecular formula is C24H24O5. The Hall–Kier alpha value is -3.31. The standard InChI is InChI=1S/C24H24O5/c1-18-13-21(29-17-26-2)14-22(27-15-19-9-5-3-6-10-19)23(18)24(25)28-16-20-11-7-4-8-12-20/h3-14H,15-17H2,1-2H3. The summed E-state index contributed by atoms with van der Waals surface area (Å²) in [6.07, 6.45) is 0. The second kappa shape index (κ2) is 10.3. The lowest BCUT2D eigenvalue weighted by Gasteiger charge is -2.16. The first-order valence-corrected chi connectivity index (χ1v) is 9.31. The minimum atomic E-state index is -0.437. The second-order valence-electron chi connectivity index (χ2n) is 6.50. The molecule has 0 aromatic heterocycles. The van der Waals surface area contributed by atoms with Gasteiger partial charge in [-0.25, -0.2) is 4.79 Å². The number of hydrogen-bond acceptors (Lipinski definition) is 5. The summed E-state index contributed by atoms with van der Waals surface area (Å²) >= 11 is 0. The summed E-state index contributed by atoms with van der Waals surface area (Å²) in [5.74, 6) is 0.540. The fourth-order valence-corrected chi connectivity index (χ4v) is 2.84. The van der Waals surface area contributed by atoms with Crippen molar-refractivity contribution in [3.8, 4) is 11.5 Å². The van der Waals surface area contributed by atoms with Crippen LogP contribution in [0, 0.1) is 6.92 Å². The minimum absolute atomic E-state index is 0.107. The van der Waals surface area contributed by atoms with Crippen LogP contribution in [0.1, 0.15) is 27.0 Å². The van der Waals surface area contributed by atoms with Gasteiger partial charge in [0.2, 0.25) is 0 Å². The maximum atomic E-state index is 12.8. The molecule has 5 heteroatoms. The van der Waals surface area contributed by atoms with Crippen LogP contribution in [0.4, 0.5) is 0 Å². The molecule has 0 saturated heterocycles. The van der Waals surface area contributed by atoms with Crippen molar-refractivity contribution in [2.24, 2.45) is 0 Å². The van der Waals surface area contributed by atoms with Crippen molar-refractivity contribution in [3.63, 3.8) is 0 Å². The van der Waals surface area contributed by atoms with Crippen molar-refractivity contribution in [1.82, 2.24) is 0 Å². The van der Waals surface area contributed by atoms with Gasteiger partial charge in [-0.15, -0.1) is 0 Å². The van der Waals surface area contributed by atoms with Crippen molar-refractivity contribution >= 4 is 5.97 Å². The summed E-state index contributed by atoms with van der Waals surface area (Å²) in [5.41, 5.74) is 3.02. The molecule has 150 valence electrons. The van der Waals surface area contributed by atoms with Gasteiger partial charge in [0, 0.05) is 13.2 Å². The van der Waals surface area contributed by atoms with E-state index in [4.69, 9.17) is 18.9 Å². The van der Waals surface area contributed by atoms with Gasteiger partial charge < -0.3 is 18.9 Å². The monoisotopic (exact) mass is 392 g/mol. The zero-order valence-corrected chi connectivity index (χ0v) is 16.6. The molecule has 0 aliphatic carbocycles. The highest BCUT2D eigenvalue weighted by Crippen LogP contribution is 2.30. The van der Waals surface area contributed by atoms with Crippen LogP contribution in [0.15, 0.2) is 72.8 Å². The van der Waals surface area contributed by atoms with Gasteiger partial charge in [0.15, 0.2) is 6.79 Å². The topological polar surface area (TPSA) is 54.0 Å². The number of methoxy groups -OCH3 is 1. The van der Waals surface area contributed by atoms with E-state index in [1.807, 2.05) is 67.6 Å². The molecular weight excluding hydrogens is 368 g/mol. The molecule has 3 aromatic rings.